The molecule has 1 aromatic heterocycles. The Bertz CT molecular complexity index is 1360. The van der Waals surface area contributed by atoms with Crippen LogP contribution in [0.25, 0.3) is 17.2 Å². The second kappa shape index (κ2) is 7.46. The van der Waals surface area contributed by atoms with Gasteiger partial charge >= 0.3 is 0 Å². The lowest BCUT2D eigenvalue weighted by molar-refractivity contribution is 0.0795. The van der Waals surface area contributed by atoms with Gasteiger partial charge in [-0.25, -0.2) is 0 Å². The van der Waals surface area contributed by atoms with Gasteiger partial charge in [0.25, 0.3) is 5.91 Å². The summed E-state index contributed by atoms with van der Waals surface area (Å²) in [5, 5.41) is 22.2. The molecule has 0 aliphatic carbocycles. The number of azo groups is 1. The van der Waals surface area contributed by atoms with Crippen LogP contribution in [0.5, 0.6) is 0 Å². The maximum atomic E-state index is 13.2. The molecule has 1 atom stereocenters. The highest BCUT2D eigenvalue weighted by molar-refractivity contribution is 6.05. The number of anilines is 1. The van der Waals surface area contributed by atoms with Crippen LogP contribution in [0.1, 0.15) is 40.0 Å². The first-order chi connectivity index (χ1) is 15.4. The number of rotatable bonds is 4. The molecule has 0 bridgehead atoms. The van der Waals surface area contributed by atoms with Gasteiger partial charge in [0, 0.05) is 42.2 Å². The monoisotopic (exact) mass is 423 g/mol. The first-order valence-electron chi connectivity index (χ1n) is 10.3. The third-order valence-electron chi connectivity index (χ3n) is 5.89. The Morgan fingerprint density at radius 2 is 2.19 bits per heavy atom. The van der Waals surface area contributed by atoms with Crippen molar-refractivity contribution in [1.82, 2.24) is 14.7 Å². The van der Waals surface area contributed by atoms with E-state index in [9.17, 15) is 10.1 Å². The normalized spacial score (nSPS) is 16.9. The van der Waals surface area contributed by atoms with Crippen molar-refractivity contribution in [2.75, 3.05) is 12.3 Å². The molecule has 0 saturated carbocycles. The highest BCUT2D eigenvalue weighted by Gasteiger charge is 2.32. The van der Waals surface area contributed by atoms with Crippen molar-refractivity contribution in [1.29, 1.82) is 5.26 Å². The Hall–Kier alpha value is -4.25. The van der Waals surface area contributed by atoms with Crippen molar-refractivity contribution in [3.63, 3.8) is 0 Å². The minimum Gasteiger partial charge on any atom is -0.398 e. The van der Waals surface area contributed by atoms with Gasteiger partial charge in [-0.3, -0.25) is 9.48 Å². The van der Waals surface area contributed by atoms with Crippen molar-refractivity contribution in [2.45, 2.75) is 19.5 Å². The minimum atomic E-state index is -0.161. The van der Waals surface area contributed by atoms with Gasteiger partial charge in [-0.1, -0.05) is 12.1 Å². The van der Waals surface area contributed by atoms with Crippen molar-refractivity contribution < 1.29 is 4.79 Å². The van der Waals surface area contributed by atoms with Crippen LogP contribution >= 0.6 is 0 Å². The molecule has 0 radical (unpaired) electrons. The van der Waals surface area contributed by atoms with Gasteiger partial charge in [0.05, 0.1) is 36.1 Å². The summed E-state index contributed by atoms with van der Waals surface area (Å²) in [5.74, 6) is -0.161. The van der Waals surface area contributed by atoms with E-state index >= 15 is 0 Å². The van der Waals surface area contributed by atoms with Gasteiger partial charge in [0.15, 0.2) is 0 Å². The fourth-order valence-corrected chi connectivity index (χ4v) is 4.30. The molecule has 32 heavy (non-hydrogen) atoms. The van der Waals surface area contributed by atoms with Crippen LogP contribution in [0.4, 0.5) is 11.4 Å². The molecule has 1 unspecified atom stereocenters. The van der Waals surface area contributed by atoms with Crippen molar-refractivity contribution >= 4 is 23.4 Å². The molecule has 3 heterocycles. The number of nitriles is 1. The second-order valence-corrected chi connectivity index (χ2v) is 8.11. The number of aromatic nitrogens is 2. The molecule has 2 aliphatic rings. The first-order valence-corrected chi connectivity index (χ1v) is 10.3. The summed E-state index contributed by atoms with van der Waals surface area (Å²) in [7, 11) is 1.82. The lowest BCUT2D eigenvalue weighted by Gasteiger charge is -2.15. The van der Waals surface area contributed by atoms with Crippen LogP contribution in [-0.4, -0.2) is 27.1 Å². The molecule has 5 rings (SSSR count). The highest BCUT2D eigenvalue weighted by atomic mass is 16.2. The molecular weight excluding hydrogens is 402 g/mol. The van der Waals surface area contributed by atoms with Crippen LogP contribution in [0.15, 0.2) is 58.5 Å². The molecule has 2 N–H and O–H groups in total. The molecular formula is C24H21N7O. The van der Waals surface area contributed by atoms with Crippen LogP contribution in [0.3, 0.4) is 0 Å². The van der Waals surface area contributed by atoms with Crippen LogP contribution in [0.2, 0.25) is 0 Å². The Morgan fingerprint density at radius 1 is 1.34 bits per heavy atom. The second-order valence-electron chi connectivity index (χ2n) is 8.11. The summed E-state index contributed by atoms with van der Waals surface area (Å²) >= 11 is 0. The Labute approximate surface area is 185 Å². The third kappa shape index (κ3) is 3.24. The number of aryl methyl sites for hydroxylation is 1. The Balaban J connectivity index is 1.48. The number of carbonyl (C=O) groups excluding carboxylic acids is 1. The van der Waals surface area contributed by atoms with E-state index in [1.807, 2.05) is 38.4 Å². The SMILES string of the molecule is CC1N=Nc2ccc(-c3ccc(N)c4c3CN(C/C(C#N)=C\c3cnn(C)c3)C4=O)cc21. The van der Waals surface area contributed by atoms with E-state index in [0.717, 1.165) is 33.5 Å². The molecule has 3 aromatic rings. The third-order valence-corrected chi connectivity index (χ3v) is 5.89. The van der Waals surface area contributed by atoms with Crippen LogP contribution in [0, 0.1) is 11.3 Å². The number of carbonyl (C=O) groups is 1. The zero-order chi connectivity index (χ0) is 22.4. The zero-order valence-electron chi connectivity index (χ0n) is 17.8. The van der Waals surface area contributed by atoms with Gasteiger partial charge in [0.2, 0.25) is 0 Å². The highest BCUT2D eigenvalue weighted by Crippen LogP contribution is 2.41. The van der Waals surface area contributed by atoms with Gasteiger partial charge < -0.3 is 10.6 Å². The van der Waals surface area contributed by atoms with Crippen LogP contribution in [-0.2, 0) is 13.6 Å². The minimum absolute atomic E-state index is 0.0145. The van der Waals surface area contributed by atoms with Gasteiger partial charge in [0.1, 0.15) is 0 Å². The quantitative estimate of drug-likeness (QED) is 0.495. The largest absolute Gasteiger partial charge is 0.398 e. The number of fused-ring (bicyclic) bond motifs is 2. The summed E-state index contributed by atoms with van der Waals surface area (Å²) in [6.45, 7) is 2.61. The molecule has 158 valence electrons. The molecule has 1 amide bonds. The van der Waals surface area contributed by atoms with E-state index in [2.05, 4.69) is 27.5 Å². The summed E-state index contributed by atoms with van der Waals surface area (Å²) in [5.41, 5.74) is 13.3. The summed E-state index contributed by atoms with van der Waals surface area (Å²) in [6.07, 6.45) is 5.26. The first kappa shape index (κ1) is 19.7. The van der Waals surface area contributed by atoms with Gasteiger partial charge in [-0.15, -0.1) is 0 Å². The molecule has 0 saturated heterocycles. The number of hydrogen-bond donors (Lipinski definition) is 1. The van der Waals surface area contributed by atoms with E-state index in [1.165, 1.54) is 0 Å². The fourth-order valence-electron chi connectivity index (χ4n) is 4.30. The average molecular weight is 423 g/mol. The van der Waals surface area contributed by atoms with E-state index in [-0.39, 0.29) is 18.5 Å². The summed E-state index contributed by atoms with van der Waals surface area (Å²) < 4.78 is 1.67. The predicted molar refractivity (Wildman–Crippen MR) is 121 cm³/mol. The van der Waals surface area contributed by atoms with Gasteiger partial charge in [-0.05, 0) is 47.9 Å². The van der Waals surface area contributed by atoms with Crippen LogP contribution < -0.4 is 5.73 Å². The summed E-state index contributed by atoms with van der Waals surface area (Å²) in [6, 6.07) is 12.0. The number of nitrogens with zero attached hydrogens (tertiary/aromatic N) is 6. The Morgan fingerprint density at radius 3 is 2.94 bits per heavy atom. The topological polar surface area (TPSA) is 113 Å². The maximum Gasteiger partial charge on any atom is 0.256 e. The zero-order valence-corrected chi connectivity index (χ0v) is 17.8. The average Bonchev–Trinajstić information content (AvgIpc) is 3.46. The summed E-state index contributed by atoms with van der Waals surface area (Å²) in [4.78, 5) is 14.9. The van der Waals surface area contributed by atoms with E-state index in [4.69, 9.17) is 5.73 Å². The number of hydrogen-bond acceptors (Lipinski definition) is 6. The van der Waals surface area contributed by atoms with E-state index < -0.39 is 0 Å². The van der Waals surface area contributed by atoms with E-state index in [1.54, 1.807) is 27.9 Å². The molecule has 0 fully saturated rings. The molecule has 0 spiro atoms. The molecule has 2 aliphatic heterocycles. The lowest BCUT2D eigenvalue weighted by Crippen LogP contribution is -2.26. The number of benzene rings is 2. The van der Waals surface area contributed by atoms with Crippen molar-refractivity contribution in [3.8, 4) is 17.2 Å². The fraction of sp³-hybridized carbons (Fsp3) is 0.208. The smallest absolute Gasteiger partial charge is 0.256 e. The lowest BCUT2D eigenvalue weighted by atomic mass is 9.93. The standard InChI is InChI=1S/C24H21N7O/c1-14-19-8-17(3-6-22(19)29-28-14)18-4-5-21(26)23-20(18)13-31(24(23)32)12-15(9-25)7-16-10-27-30(2)11-16/h3-8,10-11,14H,12-13,26H2,1-2H3/b15-7-. The Kier molecular flexibility index (Phi) is 4.59. The van der Waals surface area contributed by atoms with Crippen molar-refractivity contribution in [3.05, 3.63) is 70.6 Å². The molecule has 8 heteroatoms. The molecule has 2 aromatic carbocycles. The predicted octanol–water partition coefficient (Wildman–Crippen LogP) is 4.39. The van der Waals surface area contributed by atoms with Gasteiger partial charge in [-0.2, -0.15) is 20.6 Å². The number of nitrogens with two attached hydrogens (primary N) is 1. The molecule has 8 nitrogen and oxygen atoms in total. The maximum absolute atomic E-state index is 13.2. The van der Waals surface area contributed by atoms with Crippen molar-refractivity contribution in [2.24, 2.45) is 17.3 Å². The number of amides is 1. The number of nitrogen functional groups attached to an aromatic ring is 1. The van der Waals surface area contributed by atoms with E-state index in [0.29, 0.717) is 23.4 Å².